The third kappa shape index (κ3) is 2.52. The minimum absolute atomic E-state index is 0.153. The summed E-state index contributed by atoms with van der Waals surface area (Å²) in [7, 11) is 0. The first-order valence-electron chi connectivity index (χ1n) is 6.59. The monoisotopic (exact) mass is 313 g/mol. The predicted molar refractivity (Wildman–Crippen MR) is 74.8 cm³/mol. The highest BCUT2D eigenvalue weighted by Crippen LogP contribution is 2.27. The largest absolute Gasteiger partial charge is 0.305 e. The zero-order valence-corrected chi connectivity index (χ0v) is 12.6. The fourth-order valence-electron chi connectivity index (χ4n) is 2.48. The number of hydrogen-bond donors (Lipinski definition) is 1. The maximum Gasteiger partial charge on any atom is 0.201 e. The molecule has 1 aliphatic rings. The fourth-order valence-corrected chi connectivity index (χ4v) is 2.96. The molecule has 1 aliphatic heterocycles. The van der Waals surface area contributed by atoms with Crippen molar-refractivity contribution in [2.24, 2.45) is 0 Å². The number of carbonyl (C=O) groups is 1. The van der Waals surface area contributed by atoms with Crippen LogP contribution in [-0.4, -0.2) is 27.6 Å². The van der Waals surface area contributed by atoms with Gasteiger partial charge in [0.2, 0.25) is 5.78 Å². The van der Waals surface area contributed by atoms with E-state index in [-0.39, 0.29) is 5.78 Å². The van der Waals surface area contributed by atoms with Crippen molar-refractivity contribution >= 4 is 21.7 Å². The average molecular weight is 314 g/mol. The molecule has 2 rings (SSSR count). The number of rotatable bonds is 4. The van der Waals surface area contributed by atoms with Crippen molar-refractivity contribution in [2.75, 3.05) is 6.54 Å². The molecule has 1 N–H and O–H groups in total. The van der Waals surface area contributed by atoms with Crippen molar-refractivity contribution in [1.29, 1.82) is 0 Å². The van der Waals surface area contributed by atoms with Crippen molar-refractivity contribution in [3.63, 3.8) is 0 Å². The van der Waals surface area contributed by atoms with Crippen LogP contribution in [0.3, 0.4) is 0 Å². The summed E-state index contributed by atoms with van der Waals surface area (Å²) < 4.78 is 2.61. The highest BCUT2D eigenvalue weighted by Gasteiger charge is 2.37. The van der Waals surface area contributed by atoms with E-state index in [1.807, 2.05) is 11.6 Å². The summed E-state index contributed by atoms with van der Waals surface area (Å²) in [6.07, 6.45) is 5.84. The van der Waals surface area contributed by atoms with Gasteiger partial charge in [0.05, 0.1) is 16.2 Å². The van der Waals surface area contributed by atoms with Crippen LogP contribution in [0.15, 0.2) is 10.7 Å². The van der Waals surface area contributed by atoms with Gasteiger partial charge in [-0.2, -0.15) is 5.10 Å². The van der Waals surface area contributed by atoms with Crippen molar-refractivity contribution in [1.82, 2.24) is 15.1 Å². The summed E-state index contributed by atoms with van der Waals surface area (Å²) in [5, 5.41) is 7.64. The van der Waals surface area contributed by atoms with Crippen molar-refractivity contribution in [3.05, 3.63) is 16.4 Å². The van der Waals surface area contributed by atoms with Gasteiger partial charge in [-0.3, -0.25) is 9.48 Å². The second-order valence-corrected chi connectivity index (χ2v) is 5.96. The Labute approximate surface area is 116 Å². The van der Waals surface area contributed by atoms with E-state index in [0.717, 1.165) is 43.2 Å². The van der Waals surface area contributed by atoms with Crippen molar-refractivity contribution in [2.45, 2.75) is 51.6 Å². The number of nitrogens with one attached hydrogen (secondary N) is 1. The highest BCUT2D eigenvalue weighted by atomic mass is 79.9. The molecule has 1 aromatic rings. The topological polar surface area (TPSA) is 46.9 Å². The van der Waals surface area contributed by atoms with Gasteiger partial charge in [0.25, 0.3) is 0 Å². The number of aryl methyl sites for hydroxylation is 1. The lowest BCUT2D eigenvalue weighted by Crippen LogP contribution is -2.52. The predicted octanol–water partition coefficient (Wildman–Crippen LogP) is 2.77. The lowest BCUT2D eigenvalue weighted by atomic mass is 9.85. The van der Waals surface area contributed by atoms with Crippen LogP contribution in [0.1, 0.15) is 50.0 Å². The number of hydrogen-bond acceptors (Lipinski definition) is 3. The number of halogens is 1. The minimum atomic E-state index is -0.438. The Hall–Kier alpha value is -0.680. The van der Waals surface area contributed by atoms with E-state index >= 15 is 0 Å². The molecule has 1 aromatic heterocycles. The highest BCUT2D eigenvalue weighted by molar-refractivity contribution is 9.10. The second-order valence-electron chi connectivity index (χ2n) is 5.11. The van der Waals surface area contributed by atoms with Gasteiger partial charge in [0.1, 0.15) is 5.69 Å². The summed E-state index contributed by atoms with van der Waals surface area (Å²) >= 11 is 3.45. The van der Waals surface area contributed by atoms with E-state index in [1.165, 1.54) is 0 Å². The van der Waals surface area contributed by atoms with E-state index in [4.69, 9.17) is 0 Å². The molecular weight excluding hydrogens is 294 g/mol. The van der Waals surface area contributed by atoms with Gasteiger partial charge in [-0.15, -0.1) is 0 Å². The van der Waals surface area contributed by atoms with Gasteiger partial charge >= 0.3 is 0 Å². The standard InChI is InChI=1S/C13H20BrN3O/c1-3-8-17-11(10(14)9-16-17)12(18)13(2)6-4-5-7-15-13/h9,15H,3-8H2,1-2H3. The van der Waals surface area contributed by atoms with E-state index in [1.54, 1.807) is 6.20 Å². The molecule has 0 saturated carbocycles. The molecule has 0 radical (unpaired) electrons. The van der Waals surface area contributed by atoms with Gasteiger partial charge in [0, 0.05) is 6.54 Å². The minimum Gasteiger partial charge on any atom is -0.305 e. The van der Waals surface area contributed by atoms with Crippen LogP contribution in [0.2, 0.25) is 0 Å². The summed E-state index contributed by atoms with van der Waals surface area (Å²) in [5.41, 5.74) is 0.264. The molecule has 1 saturated heterocycles. The molecule has 4 nitrogen and oxygen atoms in total. The first-order chi connectivity index (χ1) is 8.58. The normalized spacial score (nSPS) is 24.2. The lowest BCUT2D eigenvalue weighted by molar-refractivity contribution is 0.0822. The van der Waals surface area contributed by atoms with Gasteiger partial charge in [-0.1, -0.05) is 6.92 Å². The molecule has 5 heteroatoms. The van der Waals surface area contributed by atoms with Crippen molar-refractivity contribution in [3.8, 4) is 0 Å². The molecule has 100 valence electrons. The molecule has 0 spiro atoms. The zero-order valence-electron chi connectivity index (χ0n) is 11.0. The zero-order chi connectivity index (χ0) is 13.2. The van der Waals surface area contributed by atoms with Crippen LogP contribution < -0.4 is 5.32 Å². The number of carbonyl (C=O) groups excluding carboxylic acids is 1. The number of ketones is 1. The van der Waals surface area contributed by atoms with Crippen LogP contribution in [0.5, 0.6) is 0 Å². The van der Waals surface area contributed by atoms with Crippen LogP contribution in [0, 0.1) is 0 Å². The molecule has 1 fully saturated rings. The molecule has 0 aliphatic carbocycles. The number of nitrogens with zero attached hydrogens (tertiary/aromatic N) is 2. The number of piperidine rings is 1. The number of Topliss-reactive ketones (excluding diaryl/α,β-unsaturated/α-hetero) is 1. The first kappa shape index (κ1) is 13.7. The van der Waals surface area contributed by atoms with E-state index in [9.17, 15) is 4.79 Å². The molecule has 0 amide bonds. The van der Waals surface area contributed by atoms with Crippen LogP contribution in [0.4, 0.5) is 0 Å². The van der Waals surface area contributed by atoms with E-state index < -0.39 is 5.54 Å². The molecular formula is C13H20BrN3O. The maximum absolute atomic E-state index is 12.7. The van der Waals surface area contributed by atoms with Crippen LogP contribution >= 0.6 is 15.9 Å². The Morgan fingerprint density at radius 3 is 3.00 bits per heavy atom. The maximum atomic E-state index is 12.7. The van der Waals surface area contributed by atoms with Gasteiger partial charge in [-0.05, 0) is 55.1 Å². The number of aromatic nitrogens is 2. The fraction of sp³-hybridized carbons (Fsp3) is 0.692. The van der Waals surface area contributed by atoms with Gasteiger partial charge < -0.3 is 5.32 Å². The Kier molecular flexibility index (Phi) is 4.22. The third-order valence-corrected chi connectivity index (χ3v) is 4.15. The Balaban J connectivity index is 2.29. The lowest BCUT2D eigenvalue weighted by Gasteiger charge is -2.33. The van der Waals surface area contributed by atoms with Crippen LogP contribution in [-0.2, 0) is 6.54 Å². The summed E-state index contributed by atoms with van der Waals surface area (Å²) in [4.78, 5) is 12.7. The molecule has 2 heterocycles. The summed E-state index contributed by atoms with van der Waals surface area (Å²) in [6.45, 7) is 5.79. The first-order valence-corrected chi connectivity index (χ1v) is 7.39. The van der Waals surface area contributed by atoms with Crippen LogP contribution in [0.25, 0.3) is 0 Å². The SMILES string of the molecule is CCCn1ncc(Br)c1C(=O)C1(C)CCCCN1. The Morgan fingerprint density at radius 1 is 1.61 bits per heavy atom. The Bertz CT molecular complexity index is 435. The average Bonchev–Trinajstić information content (AvgIpc) is 2.71. The molecule has 0 aromatic carbocycles. The van der Waals surface area contributed by atoms with E-state index in [0.29, 0.717) is 5.69 Å². The summed E-state index contributed by atoms with van der Waals surface area (Å²) in [6, 6.07) is 0. The Morgan fingerprint density at radius 2 is 2.39 bits per heavy atom. The second kappa shape index (κ2) is 5.53. The van der Waals surface area contributed by atoms with Gasteiger partial charge in [0.15, 0.2) is 0 Å². The molecule has 0 bridgehead atoms. The quantitative estimate of drug-likeness (QED) is 0.869. The van der Waals surface area contributed by atoms with E-state index in [2.05, 4.69) is 33.3 Å². The molecule has 1 atom stereocenters. The summed E-state index contributed by atoms with van der Waals surface area (Å²) in [5.74, 6) is 0.153. The smallest absolute Gasteiger partial charge is 0.201 e. The van der Waals surface area contributed by atoms with Crippen molar-refractivity contribution < 1.29 is 4.79 Å². The molecule has 1 unspecified atom stereocenters. The third-order valence-electron chi connectivity index (χ3n) is 3.57. The molecule has 18 heavy (non-hydrogen) atoms. The van der Waals surface area contributed by atoms with Gasteiger partial charge in [-0.25, -0.2) is 0 Å².